The predicted octanol–water partition coefficient (Wildman–Crippen LogP) is 4.66. The summed E-state index contributed by atoms with van der Waals surface area (Å²) in [6.07, 6.45) is 1.59. The van der Waals surface area contributed by atoms with E-state index in [0.717, 1.165) is 33.8 Å². The first-order chi connectivity index (χ1) is 15.4. The van der Waals surface area contributed by atoms with E-state index in [0.29, 0.717) is 31.7 Å². The number of nitrogens with zero attached hydrogens (tertiary/aromatic N) is 2. The van der Waals surface area contributed by atoms with Crippen LogP contribution in [0.15, 0.2) is 65.1 Å². The van der Waals surface area contributed by atoms with Gasteiger partial charge in [0.05, 0.1) is 6.54 Å². The van der Waals surface area contributed by atoms with E-state index in [9.17, 15) is 9.59 Å². The third-order valence-corrected chi connectivity index (χ3v) is 6.14. The number of benzene rings is 3. The first-order valence-electron chi connectivity index (χ1n) is 10.9. The number of hydrogen-bond acceptors (Lipinski definition) is 4. The normalized spacial score (nSPS) is 10.9. The summed E-state index contributed by atoms with van der Waals surface area (Å²) in [5.74, 6) is 0.143. The molecule has 32 heavy (non-hydrogen) atoms. The van der Waals surface area contributed by atoms with Gasteiger partial charge in [-0.05, 0) is 73.0 Å². The molecule has 0 bridgehead atoms. The van der Waals surface area contributed by atoms with Crippen LogP contribution in [0.5, 0.6) is 0 Å². The maximum atomic E-state index is 13.1. The lowest BCUT2D eigenvalue weighted by atomic mass is 10.0. The molecule has 0 saturated carbocycles. The smallest absolute Gasteiger partial charge is 0.242 e. The van der Waals surface area contributed by atoms with Gasteiger partial charge in [0.2, 0.25) is 5.91 Å². The van der Waals surface area contributed by atoms with Crippen molar-refractivity contribution in [2.75, 3.05) is 38.1 Å². The zero-order valence-electron chi connectivity index (χ0n) is 18.7. The van der Waals surface area contributed by atoms with Crippen LogP contribution < -0.4 is 10.6 Å². The summed E-state index contributed by atoms with van der Waals surface area (Å²) >= 11 is 3.46. The largest absolute Gasteiger partial charge is 0.365 e. The Morgan fingerprint density at radius 2 is 1.62 bits per heavy atom. The number of nitrogens with two attached hydrogens (primary N) is 1. The van der Waals surface area contributed by atoms with Gasteiger partial charge in [0.25, 0.3) is 0 Å². The Kier molecular flexibility index (Phi) is 8.42. The predicted molar refractivity (Wildman–Crippen MR) is 135 cm³/mol. The van der Waals surface area contributed by atoms with Crippen molar-refractivity contribution in [3.05, 3.63) is 76.3 Å². The van der Waals surface area contributed by atoms with Crippen LogP contribution in [0.25, 0.3) is 10.8 Å². The van der Waals surface area contributed by atoms with Gasteiger partial charge in [0.1, 0.15) is 0 Å². The molecule has 6 heteroatoms. The minimum atomic E-state index is 0.0550. The van der Waals surface area contributed by atoms with Crippen LogP contribution in [0.4, 0.5) is 5.69 Å². The van der Waals surface area contributed by atoms with Crippen LogP contribution in [-0.2, 0) is 11.2 Å². The number of amides is 1. The lowest BCUT2D eigenvalue weighted by Gasteiger charge is -2.27. The number of halogens is 1. The zero-order chi connectivity index (χ0) is 23.1. The second-order valence-corrected chi connectivity index (χ2v) is 8.97. The fourth-order valence-corrected chi connectivity index (χ4v) is 3.91. The summed E-state index contributed by atoms with van der Waals surface area (Å²) < 4.78 is 1.05. The van der Waals surface area contributed by atoms with Gasteiger partial charge < -0.3 is 15.5 Å². The Morgan fingerprint density at radius 1 is 0.938 bits per heavy atom. The molecule has 3 rings (SSSR count). The molecule has 0 unspecified atom stereocenters. The molecule has 0 aliphatic heterocycles. The summed E-state index contributed by atoms with van der Waals surface area (Å²) in [6, 6.07) is 19.9. The molecule has 1 amide bonds. The number of Topliss-reactive ketones (excluding diaryl/α,β-unsaturated/α-hetero) is 1. The molecule has 0 atom stereocenters. The second-order valence-electron chi connectivity index (χ2n) is 8.06. The Labute approximate surface area is 198 Å². The Bertz CT molecular complexity index is 1080. The van der Waals surface area contributed by atoms with Crippen molar-refractivity contribution in [3.8, 4) is 0 Å². The van der Waals surface area contributed by atoms with E-state index in [2.05, 4.69) is 34.1 Å². The standard InChI is InChI=1S/C26H30BrN3O2/c1-19(31)21-6-7-23-17-25(11-8-22(23)16-21)29(2)18-26(32)30(14-3-13-28)15-12-20-4-9-24(27)10-5-20/h4-11,16-17H,3,12-15,18,28H2,1-2H3. The van der Waals surface area contributed by atoms with Gasteiger partial charge >= 0.3 is 0 Å². The Balaban J connectivity index is 1.67. The van der Waals surface area contributed by atoms with Gasteiger partial charge in [0, 0.05) is 35.9 Å². The molecule has 168 valence electrons. The minimum absolute atomic E-state index is 0.0550. The quantitative estimate of drug-likeness (QED) is 0.415. The highest BCUT2D eigenvalue weighted by atomic mass is 79.9. The van der Waals surface area contributed by atoms with Gasteiger partial charge in [-0.2, -0.15) is 0 Å². The summed E-state index contributed by atoms with van der Waals surface area (Å²) in [7, 11) is 1.93. The van der Waals surface area contributed by atoms with Crippen molar-refractivity contribution < 1.29 is 9.59 Å². The average molecular weight is 496 g/mol. The summed E-state index contributed by atoms with van der Waals surface area (Å²) in [5, 5.41) is 2.06. The third kappa shape index (κ3) is 6.40. The highest BCUT2D eigenvalue weighted by Crippen LogP contribution is 2.23. The van der Waals surface area contributed by atoms with E-state index < -0.39 is 0 Å². The molecule has 0 fully saturated rings. The molecular weight excluding hydrogens is 466 g/mol. The van der Waals surface area contributed by atoms with Crippen molar-refractivity contribution in [1.29, 1.82) is 0 Å². The lowest BCUT2D eigenvalue weighted by molar-refractivity contribution is -0.129. The van der Waals surface area contributed by atoms with Crippen LogP contribution in [0.1, 0.15) is 29.3 Å². The molecule has 3 aromatic carbocycles. The van der Waals surface area contributed by atoms with Crippen molar-refractivity contribution in [1.82, 2.24) is 4.90 Å². The first-order valence-corrected chi connectivity index (χ1v) is 11.6. The minimum Gasteiger partial charge on any atom is -0.365 e. The van der Waals surface area contributed by atoms with Gasteiger partial charge in [-0.3, -0.25) is 9.59 Å². The number of anilines is 1. The van der Waals surface area contributed by atoms with Crippen LogP contribution in [0.3, 0.4) is 0 Å². The molecular formula is C26H30BrN3O2. The van der Waals surface area contributed by atoms with Gasteiger partial charge in [-0.15, -0.1) is 0 Å². The summed E-state index contributed by atoms with van der Waals surface area (Å²) in [6.45, 7) is 3.75. The van der Waals surface area contributed by atoms with Crippen LogP contribution in [-0.4, -0.2) is 49.8 Å². The Hall–Kier alpha value is -2.70. The van der Waals surface area contributed by atoms with E-state index in [1.807, 2.05) is 59.3 Å². The average Bonchev–Trinajstić information content (AvgIpc) is 2.79. The summed E-state index contributed by atoms with van der Waals surface area (Å²) in [5.41, 5.74) is 8.57. The van der Waals surface area contributed by atoms with Gasteiger partial charge in [-0.25, -0.2) is 0 Å². The van der Waals surface area contributed by atoms with Crippen molar-refractivity contribution >= 4 is 44.1 Å². The van der Waals surface area contributed by atoms with Crippen LogP contribution in [0, 0.1) is 0 Å². The molecule has 0 spiro atoms. The SMILES string of the molecule is CC(=O)c1ccc2cc(N(C)CC(=O)N(CCCN)CCc3ccc(Br)cc3)ccc2c1. The van der Waals surface area contributed by atoms with E-state index >= 15 is 0 Å². The maximum Gasteiger partial charge on any atom is 0.242 e. The van der Waals surface area contributed by atoms with Crippen molar-refractivity contribution in [3.63, 3.8) is 0 Å². The lowest BCUT2D eigenvalue weighted by Crippen LogP contribution is -2.41. The first kappa shape index (κ1) is 24.0. The number of rotatable bonds is 10. The van der Waals surface area contributed by atoms with Crippen molar-refractivity contribution in [2.24, 2.45) is 5.73 Å². The molecule has 0 aliphatic carbocycles. The zero-order valence-corrected chi connectivity index (χ0v) is 20.3. The Morgan fingerprint density at radius 3 is 2.31 bits per heavy atom. The molecule has 0 heterocycles. The number of likely N-dealkylation sites (N-methyl/N-ethyl adjacent to an activating group) is 1. The maximum absolute atomic E-state index is 13.1. The van der Waals surface area contributed by atoms with Crippen LogP contribution in [0.2, 0.25) is 0 Å². The number of carbonyl (C=O) groups excluding carboxylic acids is 2. The fraction of sp³-hybridized carbons (Fsp3) is 0.308. The molecule has 2 N–H and O–H groups in total. The fourth-order valence-electron chi connectivity index (χ4n) is 3.64. The third-order valence-electron chi connectivity index (χ3n) is 5.61. The van der Waals surface area contributed by atoms with Gasteiger partial charge in [-0.1, -0.05) is 46.3 Å². The van der Waals surface area contributed by atoms with Gasteiger partial charge in [0.15, 0.2) is 5.78 Å². The highest BCUT2D eigenvalue weighted by Gasteiger charge is 2.16. The summed E-state index contributed by atoms with van der Waals surface area (Å²) in [4.78, 5) is 28.6. The van der Waals surface area contributed by atoms with Crippen molar-refractivity contribution in [2.45, 2.75) is 19.8 Å². The molecule has 5 nitrogen and oxygen atoms in total. The van der Waals surface area contributed by atoms with E-state index in [4.69, 9.17) is 5.73 Å². The molecule has 0 aromatic heterocycles. The molecule has 0 saturated heterocycles. The van der Waals surface area contributed by atoms with E-state index in [-0.39, 0.29) is 11.7 Å². The number of ketones is 1. The second kappa shape index (κ2) is 11.2. The van der Waals surface area contributed by atoms with E-state index in [1.165, 1.54) is 5.56 Å². The van der Waals surface area contributed by atoms with Crippen LogP contribution >= 0.6 is 15.9 Å². The van der Waals surface area contributed by atoms with E-state index in [1.54, 1.807) is 6.92 Å². The molecule has 0 aliphatic rings. The number of carbonyl (C=O) groups is 2. The number of fused-ring (bicyclic) bond motifs is 1. The topological polar surface area (TPSA) is 66.6 Å². The molecule has 3 aromatic rings. The monoisotopic (exact) mass is 495 g/mol. The molecule has 0 radical (unpaired) electrons. The highest BCUT2D eigenvalue weighted by molar-refractivity contribution is 9.10. The number of hydrogen-bond donors (Lipinski definition) is 1.